The van der Waals surface area contributed by atoms with Crippen molar-refractivity contribution in [3.63, 3.8) is 0 Å². The van der Waals surface area contributed by atoms with Crippen molar-refractivity contribution in [1.29, 1.82) is 5.26 Å². The SMILES string of the molecule is COc1cc(/C=C(\C#N)c2nc3ccccc3o2)ccc1OCC(=O)Nc1ccccc1. The summed E-state index contributed by atoms with van der Waals surface area (Å²) in [6.45, 7) is -0.174. The second-order valence-corrected chi connectivity index (χ2v) is 6.77. The maximum absolute atomic E-state index is 12.1. The molecule has 4 rings (SSSR count). The quantitative estimate of drug-likeness (QED) is 0.422. The highest BCUT2D eigenvalue weighted by molar-refractivity contribution is 5.92. The van der Waals surface area contributed by atoms with E-state index < -0.39 is 0 Å². The number of benzene rings is 3. The summed E-state index contributed by atoms with van der Waals surface area (Å²) in [5.74, 6) is 0.796. The van der Waals surface area contributed by atoms with E-state index in [1.165, 1.54) is 7.11 Å². The molecule has 1 amide bonds. The van der Waals surface area contributed by atoms with E-state index in [2.05, 4.69) is 16.4 Å². The van der Waals surface area contributed by atoms with E-state index in [9.17, 15) is 10.1 Å². The summed E-state index contributed by atoms with van der Waals surface area (Å²) in [7, 11) is 1.51. The van der Waals surface area contributed by atoms with E-state index in [-0.39, 0.29) is 24.0 Å². The molecule has 0 saturated carbocycles. The topological polar surface area (TPSA) is 97.4 Å². The van der Waals surface area contributed by atoms with Crippen molar-refractivity contribution in [1.82, 2.24) is 4.98 Å². The van der Waals surface area contributed by atoms with Crippen LogP contribution in [0.2, 0.25) is 0 Å². The molecule has 0 radical (unpaired) electrons. The Labute approximate surface area is 184 Å². The fourth-order valence-electron chi connectivity index (χ4n) is 3.05. The van der Waals surface area contributed by atoms with Crippen molar-refractivity contribution in [3.05, 3.63) is 84.3 Å². The molecule has 0 fully saturated rings. The van der Waals surface area contributed by atoms with Crippen LogP contribution in [0.4, 0.5) is 5.69 Å². The lowest BCUT2D eigenvalue weighted by molar-refractivity contribution is -0.118. The average Bonchev–Trinajstić information content (AvgIpc) is 3.26. The number of nitrogens with zero attached hydrogens (tertiary/aromatic N) is 2. The largest absolute Gasteiger partial charge is 0.493 e. The number of hydrogen-bond acceptors (Lipinski definition) is 6. The highest BCUT2D eigenvalue weighted by Crippen LogP contribution is 2.30. The van der Waals surface area contributed by atoms with Crippen molar-refractivity contribution >= 4 is 34.3 Å². The molecule has 1 heterocycles. The molecule has 4 aromatic rings. The van der Waals surface area contributed by atoms with Crippen LogP contribution in [0.5, 0.6) is 11.5 Å². The van der Waals surface area contributed by atoms with Crippen molar-refractivity contribution < 1.29 is 18.7 Å². The molecule has 0 saturated heterocycles. The van der Waals surface area contributed by atoms with E-state index in [0.717, 1.165) is 0 Å². The van der Waals surface area contributed by atoms with Gasteiger partial charge >= 0.3 is 0 Å². The molecule has 0 aliphatic rings. The predicted octanol–water partition coefficient (Wildman–Crippen LogP) is 4.92. The lowest BCUT2D eigenvalue weighted by Gasteiger charge is -2.11. The van der Waals surface area contributed by atoms with E-state index in [4.69, 9.17) is 13.9 Å². The first-order valence-electron chi connectivity index (χ1n) is 9.80. The summed E-state index contributed by atoms with van der Waals surface area (Å²) in [5.41, 5.74) is 2.95. The van der Waals surface area contributed by atoms with Crippen molar-refractivity contribution in [2.75, 3.05) is 19.0 Å². The summed E-state index contributed by atoms with van der Waals surface area (Å²) in [6.07, 6.45) is 1.65. The smallest absolute Gasteiger partial charge is 0.262 e. The number of methoxy groups -OCH3 is 1. The lowest BCUT2D eigenvalue weighted by Crippen LogP contribution is -2.20. The van der Waals surface area contributed by atoms with Gasteiger partial charge in [0.1, 0.15) is 17.2 Å². The third kappa shape index (κ3) is 4.77. The molecule has 0 spiro atoms. The number of para-hydroxylation sites is 3. The zero-order valence-electron chi connectivity index (χ0n) is 17.2. The standard InChI is InChI=1S/C25H19N3O4/c1-30-23-14-17(13-18(15-26)25-28-20-9-5-6-10-21(20)32-25)11-12-22(23)31-16-24(29)27-19-7-3-2-4-8-19/h2-14H,16H2,1H3,(H,27,29)/b18-13+. The Morgan fingerprint density at radius 1 is 1.09 bits per heavy atom. The minimum atomic E-state index is -0.287. The molecular formula is C25H19N3O4. The van der Waals surface area contributed by atoms with Crippen LogP contribution in [0.15, 0.2) is 77.2 Å². The van der Waals surface area contributed by atoms with E-state index >= 15 is 0 Å². The zero-order valence-corrected chi connectivity index (χ0v) is 17.2. The third-order valence-electron chi connectivity index (χ3n) is 4.56. The van der Waals surface area contributed by atoms with E-state index in [0.29, 0.717) is 33.8 Å². The van der Waals surface area contributed by atoms with Crippen LogP contribution in [0, 0.1) is 11.3 Å². The summed E-state index contributed by atoms with van der Waals surface area (Å²) in [4.78, 5) is 16.5. The van der Waals surface area contributed by atoms with E-state index in [1.807, 2.05) is 36.4 Å². The van der Waals surface area contributed by atoms with Gasteiger partial charge in [0.25, 0.3) is 5.91 Å². The number of nitrogens with one attached hydrogen (secondary N) is 1. The fourth-order valence-corrected chi connectivity index (χ4v) is 3.05. The van der Waals surface area contributed by atoms with Gasteiger partial charge in [-0.25, -0.2) is 4.98 Å². The van der Waals surface area contributed by atoms with Gasteiger partial charge < -0.3 is 19.2 Å². The third-order valence-corrected chi connectivity index (χ3v) is 4.56. The molecule has 1 N–H and O–H groups in total. The zero-order chi connectivity index (χ0) is 22.3. The lowest BCUT2D eigenvalue weighted by atomic mass is 10.1. The predicted molar refractivity (Wildman–Crippen MR) is 121 cm³/mol. The fraction of sp³-hybridized carbons (Fsp3) is 0.0800. The monoisotopic (exact) mass is 425 g/mol. The molecule has 7 heteroatoms. The molecule has 7 nitrogen and oxygen atoms in total. The Morgan fingerprint density at radius 2 is 1.88 bits per heavy atom. The minimum absolute atomic E-state index is 0.174. The van der Waals surface area contributed by atoms with Gasteiger partial charge in [-0.05, 0) is 48.0 Å². The number of carbonyl (C=O) groups is 1. The van der Waals surface area contributed by atoms with Crippen LogP contribution >= 0.6 is 0 Å². The van der Waals surface area contributed by atoms with Crippen LogP contribution in [0.25, 0.3) is 22.7 Å². The first kappa shape index (κ1) is 20.7. The number of fused-ring (bicyclic) bond motifs is 1. The van der Waals surface area contributed by atoms with Gasteiger partial charge in [0, 0.05) is 5.69 Å². The van der Waals surface area contributed by atoms with Crippen LogP contribution in [-0.2, 0) is 4.79 Å². The highest BCUT2D eigenvalue weighted by Gasteiger charge is 2.12. The molecule has 0 atom stereocenters. The van der Waals surface area contributed by atoms with E-state index in [1.54, 1.807) is 42.5 Å². The summed E-state index contributed by atoms with van der Waals surface area (Å²) >= 11 is 0. The van der Waals surface area contributed by atoms with Crippen LogP contribution in [0.1, 0.15) is 11.5 Å². The second kappa shape index (κ2) is 9.49. The number of carbonyl (C=O) groups excluding carboxylic acids is 1. The van der Waals surface area contributed by atoms with Gasteiger partial charge in [-0.2, -0.15) is 5.26 Å². The Hall–Kier alpha value is -4.57. The Bertz CT molecular complexity index is 1290. The number of anilines is 1. The molecule has 0 aliphatic heterocycles. The molecule has 0 bridgehead atoms. The van der Waals surface area contributed by atoms with Crippen LogP contribution in [-0.4, -0.2) is 24.6 Å². The normalized spacial score (nSPS) is 11.1. The molecule has 0 aliphatic carbocycles. The first-order valence-corrected chi connectivity index (χ1v) is 9.80. The summed E-state index contributed by atoms with van der Waals surface area (Å²) in [5, 5.41) is 12.4. The van der Waals surface area contributed by atoms with Gasteiger partial charge in [-0.3, -0.25) is 4.79 Å². The molecule has 158 valence electrons. The second-order valence-electron chi connectivity index (χ2n) is 6.77. The summed E-state index contributed by atoms with van der Waals surface area (Å²) < 4.78 is 16.7. The maximum atomic E-state index is 12.1. The summed E-state index contributed by atoms with van der Waals surface area (Å²) in [6, 6.07) is 23.7. The molecule has 3 aromatic carbocycles. The number of hydrogen-bond donors (Lipinski definition) is 1. The van der Waals surface area contributed by atoms with Crippen molar-refractivity contribution in [2.45, 2.75) is 0 Å². The van der Waals surface area contributed by atoms with Gasteiger partial charge in [0.15, 0.2) is 23.7 Å². The maximum Gasteiger partial charge on any atom is 0.262 e. The Morgan fingerprint density at radius 3 is 2.62 bits per heavy atom. The molecular weight excluding hydrogens is 406 g/mol. The minimum Gasteiger partial charge on any atom is -0.493 e. The number of rotatable bonds is 7. The van der Waals surface area contributed by atoms with Crippen LogP contribution in [0.3, 0.4) is 0 Å². The molecule has 32 heavy (non-hydrogen) atoms. The van der Waals surface area contributed by atoms with Crippen molar-refractivity contribution in [2.24, 2.45) is 0 Å². The van der Waals surface area contributed by atoms with Gasteiger partial charge in [0.2, 0.25) is 5.89 Å². The van der Waals surface area contributed by atoms with Crippen molar-refractivity contribution in [3.8, 4) is 17.6 Å². The number of ether oxygens (including phenoxy) is 2. The van der Waals surface area contributed by atoms with Gasteiger partial charge in [0.05, 0.1) is 7.11 Å². The number of nitriles is 1. The van der Waals surface area contributed by atoms with Gasteiger partial charge in [-0.1, -0.05) is 36.4 Å². The number of allylic oxidation sites excluding steroid dienone is 1. The Kier molecular flexibility index (Phi) is 6.14. The highest BCUT2D eigenvalue weighted by atomic mass is 16.5. The molecule has 1 aromatic heterocycles. The number of aromatic nitrogens is 1. The molecule has 0 unspecified atom stereocenters. The number of oxazole rings is 1. The average molecular weight is 425 g/mol. The number of amides is 1. The van der Waals surface area contributed by atoms with Crippen LogP contribution < -0.4 is 14.8 Å². The van der Waals surface area contributed by atoms with Gasteiger partial charge in [-0.15, -0.1) is 0 Å². The first-order chi connectivity index (χ1) is 15.7. The Balaban J connectivity index is 1.49.